The van der Waals surface area contributed by atoms with Gasteiger partial charge in [0.05, 0.1) is 0 Å². The summed E-state index contributed by atoms with van der Waals surface area (Å²) in [6, 6.07) is 0. The van der Waals surface area contributed by atoms with Gasteiger partial charge in [-0.05, 0) is 13.8 Å². The first-order valence-electron chi connectivity index (χ1n) is 3.30. The molecule has 4 nitrogen and oxygen atoms in total. The average Bonchev–Trinajstić information content (AvgIpc) is 1.97. The second-order valence-corrected chi connectivity index (χ2v) is 2.54. The largest absolute Gasteiger partial charge is 0.328 e. The average molecular weight is 221 g/mol. The quantitative estimate of drug-likeness (QED) is 0.686. The number of aryl methyl sites for hydroxylation is 1. The van der Waals surface area contributed by atoms with Crippen molar-refractivity contribution >= 4 is 0 Å². The van der Waals surface area contributed by atoms with Crippen molar-refractivity contribution in [2.75, 3.05) is 0 Å². The van der Waals surface area contributed by atoms with E-state index in [1.54, 1.807) is 13.8 Å². The molecule has 1 rings (SSSR count). The number of aromatic nitrogens is 2. The zero-order chi connectivity index (χ0) is 8.59. The van der Waals surface area contributed by atoms with E-state index in [0.717, 1.165) is 4.57 Å². The summed E-state index contributed by atoms with van der Waals surface area (Å²) in [7, 11) is 1.45. The molecule has 0 atom stereocenters. The van der Waals surface area contributed by atoms with Gasteiger partial charge in [-0.1, -0.05) is 7.43 Å². The van der Waals surface area contributed by atoms with E-state index in [4.69, 9.17) is 0 Å². The number of hydrogen-bond acceptors (Lipinski definition) is 2. The number of nitrogens with zero attached hydrogens (tertiary/aromatic N) is 1. The maximum absolute atomic E-state index is 11.2. The van der Waals surface area contributed by atoms with Crippen LogP contribution >= 0.6 is 0 Å². The predicted molar refractivity (Wildman–Crippen MR) is 48.5 cm³/mol. The van der Waals surface area contributed by atoms with Crippen molar-refractivity contribution < 1.29 is 18.6 Å². The van der Waals surface area contributed by atoms with Crippen LogP contribution in [0.25, 0.3) is 0 Å². The van der Waals surface area contributed by atoms with Crippen LogP contribution in [0.5, 0.6) is 0 Å². The maximum atomic E-state index is 11.2. The fraction of sp³-hybridized carbons (Fsp3) is 0.500. The van der Waals surface area contributed by atoms with Gasteiger partial charge in [0, 0.05) is 36.9 Å². The third-order valence-corrected chi connectivity index (χ3v) is 1.79. The molecule has 0 spiro atoms. The minimum atomic E-state index is -0.363. The van der Waals surface area contributed by atoms with Crippen LogP contribution < -0.4 is 11.2 Å². The Balaban J connectivity index is 0. The van der Waals surface area contributed by atoms with E-state index in [1.807, 2.05) is 0 Å². The van der Waals surface area contributed by atoms with E-state index >= 15 is 0 Å². The third kappa shape index (κ3) is 2.61. The van der Waals surface area contributed by atoms with Gasteiger partial charge < -0.3 is 4.98 Å². The van der Waals surface area contributed by atoms with E-state index in [0.29, 0.717) is 11.3 Å². The van der Waals surface area contributed by atoms with Gasteiger partial charge in [0.2, 0.25) is 0 Å². The van der Waals surface area contributed by atoms with Crippen molar-refractivity contribution in [3.05, 3.63) is 32.1 Å². The predicted octanol–water partition coefficient (Wildman–Crippen LogP) is 0.324. The van der Waals surface area contributed by atoms with E-state index in [2.05, 4.69) is 4.98 Å². The van der Waals surface area contributed by atoms with Gasteiger partial charge in [-0.25, -0.2) is 4.79 Å². The van der Waals surface area contributed by atoms with Crippen molar-refractivity contribution in [1.29, 1.82) is 0 Å². The van der Waals surface area contributed by atoms with Gasteiger partial charge in [0.1, 0.15) is 0 Å². The monoisotopic (exact) mass is 221 g/mol. The zero-order valence-electron chi connectivity index (χ0n) is 7.21. The number of hydrogen-bond donors (Lipinski definition) is 1. The molecule has 0 aromatic carbocycles. The van der Waals surface area contributed by atoms with Gasteiger partial charge >= 0.3 is 5.69 Å². The van der Waals surface area contributed by atoms with Crippen molar-refractivity contribution in [2.24, 2.45) is 7.05 Å². The Labute approximate surface area is 88.9 Å². The van der Waals surface area contributed by atoms with E-state index in [1.165, 1.54) is 7.05 Å². The first kappa shape index (κ1) is 14.8. The molecule has 73 valence electrons. The summed E-state index contributed by atoms with van der Waals surface area (Å²) in [6.45, 7) is 3.39. The normalized spacial score (nSPS) is 8.54. The molecule has 0 aliphatic heterocycles. The number of H-pyrrole nitrogens is 1. The summed E-state index contributed by atoms with van der Waals surface area (Å²) in [5.74, 6) is 0. The molecular formula is C8H14N2O2V. The van der Waals surface area contributed by atoms with E-state index in [9.17, 15) is 9.59 Å². The Kier molecular flexibility index (Phi) is 5.79. The van der Waals surface area contributed by atoms with Gasteiger partial charge in [-0.2, -0.15) is 0 Å². The Morgan fingerprint density at radius 1 is 1.23 bits per heavy atom. The van der Waals surface area contributed by atoms with Crippen molar-refractivity contribution in [3.63, 3.8) is 0 Å². The summed E-state index contributed by atoms with van der Waals surface area (Å²) < 4.78 is 1.06. The molecule has 1 aromatic heterocycles. The Bertz CT molecular complexity index is 392. The van der Waals surface area contributed by atoms with Crippen LogP contribution in [-0.2, 0) is 25.6 Å². The van der Waals surface area contributed by atoms with Crippen LogP contribution in [-0.4, -0.2) is 9.55 Å². The molecule has 0 unspecified atom stereocenters. The maximum Gasteiger partial charge on any atom is 0.328 e. The number of nitrogens with one attached hydrogen (secondary N) is 1. The number of aromatic amines is 1. The molecule has 0 saturated heterocycles. The molecule has 13 heavy (non-hydrogen) atoms. The minimum Gasteiger partial charge on any atom is -0.311 e. The SMILES string of the molecule is C.Cc1[nH]c(=O)n(C)c(=O)c1C.[V]. The van der Waals surface area contributed by atoms with Crippen LogP contribution in [0, 0.1) is 13.8 Å². The molecule has 0 fully saturated rings. The molecule has 0 aliphatic carbocycles. The van der Waals surface area contributed by atoms with Crippen LogP contribution in [0.15, 0.2) is 9.59 Å². The van der Waals surface area contributed by atoms with E-state index < -0.39 is 0 Å². The molecule has 0 amide bonds. The van der Waals surface area contributed by atoms with Gasteiger partial charge in [-0.15, -0.1) is 0 Å². The molecule has 1 heterocycles. The summed E-state index contributed by atoms with van der Waals surface area (Å²) >= 11 is 0. The fourth-order valence-electron chi connectivity index (χ4n) is 0.842. The van der Waals surface area contributed by atoms with Crippen LogP contribution in [0.3, 0.4) is 0 Å². The molecule has 5 heteroatoms. The Morgan fingerprint density at radius 3 is 2.15 bits per heavy atom. The van der Waals surface area contributed by atoms with Crippen molar-refractivity contribution in [3.8, 4) is 0 Å². The van der Waals surface area contributed by atoms with Crippen LogP contribution in [0.2, 0.25) is 0 Å². The van der Waals surface area contributed by atoms with Crippen LogP contribution in [0.4, 0.5) is 0 Å². The molecular weight excluding hydrogens is 207 g/mol. The van der Waals surface area contributed by atoms with Gasteiger partial charge in [0.15, 0.2) is 0 Å². The summed E-state index contributed by atoms with van der Waals surface area (Å²) in [4.78, 5) is 24.6. The Hall–Kier alpha value is -0.736. The molecule has 0 aliphatic rings. The summed E-state index contributed by atoms with van der Waals surface area (Å²) in [5, 5.41) is 0. The van der Waals surface area contributed by atoms with E-state index in [-0.39, 0.29) is 37.2 Å². The first-order valence-corrected chi connectivity index (χ1v) is 3.30. The van der Waals surface area contributed by atoms with Gasteiger partial charge in [-0.3, -0.25) is 9.36 Å². The van der Waals surface area contributed by atoms with Crippen molar-refractivity contribution in [2.45, 2.75) is 21.3 Å². The van der Waals surface area contributed by atoms with Gasteiger partial charge in [0.25, 0.3) is 5.56 Å². The summed E-state index contributed by atoms with van der Waals surface area (Å²) in [6.07, 6.45) is 0. The topological polar surface area (TPSA) is 54.9 Å². The second kappa shape index (κ2) is 5.09. The minimum absolute atomic E-state index is 0. The summed E-state index contributed by atoms with van der Waals surface area (Å²) in [5.41, 5.74) is 0.634. The third-order valence-electron chi connectivity index (χ3n) is 1.79. The smallest absolute Gasteiger partial charge is 0.311 e. The standard InChI is InChI=1S/C7H10N2O2.CH4.V/c1-4-5(2)8-7(11)9(3)6(4)10;;/h1-3H3,(H,8,11);1H4;. The van der Waals surface area contributed by atoms with Crippen LogP contribution in [0.1, 0.15) is 18.7 Å². The zero-order valence-corrected chi connectivity index (χ0v) is 8.61. The molecule has 1 aromatic rings. The molecule has 1 N–H and O–H groups in total. The molecule has 1 radical (unpaired) electrons. The fourth-order valence-corrected chi connectivity index (χ4v) is 0.842. The first-order chi connectivity index (χ1) is 5.04. The second-order valence-electron chi connectivity index (χ2n) is 2.54. The van der Waals surface area contributed by atoms with Crippen molar-refractivity contribution in [1.82, 2.24) is 9.55 Å². The molecule has 0 bridgehead atoms. The Morgan fingerprint density at radius 2 is 1.69 bits per heavy atom. The number of rotatable bonds is 0. The molecule has 0 saturated carbocycles.